The summed E-state index contributed by atoms with van der Waals surface area (Å²) in [7, 11) is -3.29. The smallest absolute Gasteiger partial charge is 0.251 e. The first-order valence-corrected chi connectivity index (χ1v) is 7.59. The van der Waals surface area contributed by atoms with Gasteiger partial charge in [0.25, 0.3) is 5.91 Å². The highest BCUT2D eigenvalue weighted by Gasteiger charge is 2.10. The Labute approximate surface area is 112 Å². The van der Waals surface area contributed by atoms with E-state index in [-0.39, 0.29) is 18.2 Å². The van der Waals surface area contributed by atoms with Gasteiger partial charge in [0.2, 0.25) is 10.0 Å². The summed E-state index contributed by atoms with van der Waals surface area (Å²) in [6, 6.07) is 6.67. The number of thiol groups is 1. The molecule has 7 heteroatoms. The number of carbonyl (C=O) groups is 1. The van der Waals surface area contributed by atoms with Crippen molar-refractivity contribution in [2.24, 2.45) is 0 Å². The Kier molecular flexibility index (Phi) is 5.64. The van der Waals surface area contributed by atoms with Crippen molar-refractivity contribution < 1.29 is 13.2 Å². The first-order chi connectivity index (χ1) is 8.44. The summed E-state index contributed by atoms with van der Waals surface area (Å²) < 4.78 is 25.0. The molecule has 0 atom stereocenters. The van der Waals surface area contributed by atoms with Gasteiger partial charge >= 0.3 is 0 Å². The Balaban J connectivity index is 2.45. The number of carbonyl (C=O) groups excluding carboxylic acids is 1. The van der Waals surface area contributed by atoms with Crippen molar-refractivity contribution in [1.29, 1.82) is 0 Å². The summed E-state index contributed by atoms with van der Waals surface area (Å²) in [5.74, 6) is -0.424. The Morgan fingerprint density at radius 1 is 1.28 bits per heavy atom. The average Bonchev–Trinajstić information content (AvgIpc) is 2.29. The van der Waals surface area contributed by atoms with Crippen molar-refractivity contribution in [3.8, 4) is 0 Å². The minimum absolute atomic E-state index is 0.0802. The zero-order valence-electron chi connectivity index (χ0n) is 10.0. The van der Waals surface area contributed by atoms with Gasteiger partial charge in [-0.3, -0.25) is 4.79 Å². The van der Waals surface area contributed by atoms with Crippen LogP contribution >= 0.6 is 12.6 Å². The predicted molar refractivity (Wildman–Crippen MR) is 73.5 cm³/mol. The molecule has 0 aromatic heterocycles. The Bertz CT molecular complexity index is 498. The van der Waals surface area contributed by atoms with Gasteiger partial charge in [-0.15, -0.1) is 12.6 Å². The largest absolute Gasteiger partial charge is 0.351 e. The molecule has 0 aliphatic carbocycles. The molecule has 0 fully saturated rings. The molecule has 0 spiro atoms. The van der Waals surface area contributed by atoms with E-state index in [9.17, 15) is 13.2 Å². The molecule has 0 radical (unpaired) electrons. The minimum Gasteiger partial charge on any atom is -0.351 e. The summed E-state index contributed by atoms with van der Waals surface area (Å²) in [4.78, 5) is 12.4. The molecular weight excluding hydrogens is 272 g/mol. The molecule has 0 saturated heterocycles. The van der Waals surface area contributed by atoms with Crippen LogP contribution in [0.5, 0.6) is 0 Å². The third kappa shape index (κ3) is 5.07. The van der Waals surface area contributed by atoms with Crippen LogP contribution in [0.15, 0.2) is 29.2 Å². The van der Waals surface area contributed by atoms with E-state index in [1.54, 1.807) is 31.2 Å². The summed E-state index contributed by atoms with van der Waals surface area (Å²) in [6.07, 6.45) is 0. The fourth-order valence-electron chi connectivity index (χ4n) is 1.31. The normalized spacial score (nSPS) is 11.2. The summed E-state index contributed by atoms with van der Waals surface area (Å²) in [5.41, 5.74) is 0.480. The van der Waals surface area contributed by atoms with Crippen molar-refractivity contribution in [1.82, 2.24) is 10.0 Å². The molecule has 0 saturated carbocycles. The number of nitrogens with one attached hydrogen (secondary N) is 2. The molecule has 1 aromatic carbocycles. The van der Waals surface area contributed by atoms with Crippen molar-refractivity contribution in [3.05, 3.63) is 29.8 Å². The second-order valence-corrected chi connectivity index (χ2v) is 6.06. The first kappa shape index (κ1) is 15.0. The highest BCUT2D eigenvalue weighted by atomic mass is 32.2. The average molecular weight is 288 g/mol. The number of benzene rings is 1. The molecule has 1 amide bonds. The monoisotopic (exact) mass is 288 g/mol. The maximum absolute atomic E-state index is 11.6. The number of rotatable bonds is 6. The van der Waals surface area contributed by atoms with Crippen LogP contribution < -0.4 is 10.0 Å². The van der Waals surface area contributed by atoms with Gasteiger partial charge in [-0.05, 0) is 24.3 Å². The van der Waals surface area contributed by atoms with Crippen LogP contribution in [-0.4, -0.2) is 33.2 Å². The van der Waals surface area contributed by atoms with Crippen molar-refractivity contribution in [2.75, 3.05) is 18.8 Å². The number of amides is 1. The fraction of sp³-hybridized carbons (Fsp3) is 0.364. The van der Waals surface area contributed by atoms with Crippen LogP contribution in [0.2, 0.25) is 0 Å². The Morgan fingerprint density at radius 3 is 2.44 bits per heavy atom. The standard InChI is InChI=1S/C11H16N2O3S2/c1-2-13-18(15,16)8-7-12-11(14)9-3-5-10(17)6-4-9/h3-6,13,17H,2,7-8H2,1H3,(H,12,14). The van der Waals surface area contributed by atoms with E-state index in [0.717, 1.165) is 4.90 Å². The quantitative estimate of drug-likeness (QED) is 0.673. The molecule has 18 heavy (non-hydrogen) atoms. The van der Waals surface area contributed by atoms with Gasteiger partial charge in [0.1, 0.15) is 0 Å². The zero-order chi connectivity index (χ0) is 13.6. The SMILES string of the molecule is CCNS(=O)(=O)CCNC(=O)c1ccc(S)cc1. The minimum atomic E-state index is -3.29. The highest BCUT2D eigenvalue weighted by Crippen LogP contribution is 2.07. The topological polar surface area (TPSA) is 75.3 Å². The second-order valence-electron chi connectivity index (χ2n) is 3.62. The molecule has 100 valence electrons. The maximum Gasteiger partial charge on any atom is 0.251 e. The van der Waals surface area contributed by atoms with E-state index >= 15 is 0 Å². The van der Waals surface area contributed by atoms with E-state index in [2.05, 4.69) is 22.7 Å². The lowest BCUT2D eigenvalue weighted by Crippen LogP contribution is -2.34. The van der Waals surface area contributed by atoms with Crippen molar-refractivity contribution >= 4 is 28.6 Å². The lowest BCUT2D eigenvalue weighted by molar-refractivity contribution is 0.0956. The van der Waals surface area contributed by atoms with Gasteiger partial charge in [0, 0.05) is 23.5 Å². The van der Waals surface area contributed by atoms with Gasteiger partial charge < -0.3 is 5.32 Å². The maximum atomic E-state index is 11.6. The molecule has 2 N–H and O–H groups in total. The number of hydrogen-bond donors (Lipinski definition) is 3. The van der Waals surface area contributed by atoms with Crippen LogP contribution in [0.4, 0.5) is 0 Å². The number of sulfonamides is 1. The number of hydrogen-bond acceptors (Lipinski definition) is 4. The van der Waals surface area contributed by atoms with Gasteiger partial charge in [0.15, 0.2) is 0 Å². The molecule has 5 nitrogen and oxygen atoms in total. The third-order valence-electron chi connectivity index (χ3n) is 2.15. The van der Waals surface area contributed by atoms with Crippen LogP contribution in [0.3, 0.4) is 0 Å². The highest BCUT2D eigenvalue weighted by molar-refractivity contribution is 7.89. The molecule has 0 aliphatic heterocycles. The second kappa shape index (κ2) is 6.77. The van der Waals surface area contributed by atoms with E-state index < -0.39 is 10.0 Å². The lowest BCUT2D eigenvalue weighted by Gasteiger charge is -2.06. The van der Waals surface area contributed by atoms with Crippen LogP contribution in [0.1, 0.15) is 17.3 Å². The first-order valence-electron chi connectivity index (χ1n) is 5.49. The van der Waals surface area contributed by atoms with Gasteiger partial charge in [-0.2, -0.15) is 0 Å². The molecule has 0 heterocycles. The van der Waals surface area contributed by atoms with E-state index in [4.69, 9.17) is 0 Å². The summed E-state index contributed by atoms with van der Waals surface area (Å²) in [6.45, 7) is 2.13. The summed E-state index contributed by atoms with van der Waals surface area (Å²) >= 11 is 4.11. The van der Waals surface area contributed by atoms with E-state index in [1.165, 1.54) is 0 Å². The molecular formula is C11H16N2O3S2. The Hall–Kier alpha value is -1.05. The van der Waals surface area contributed by atoms with Crippen LogP contribution in [0, 0.1) is 0 Å². The molecule has 1 rings (SSSR count). The van der Waals surface area contributed by atoms with Crippen LogP contribution in [0.25, 0.3) is 0 Å². The zero-order valence-corrected chi connectivity index (χ0v) is 11.7. The van der Waals surface area contributed by atoms with Crippen molar-refractivity contribution in [2.45, 2.75) is 11.8 Å². The van der Waals surface area contributed by atoms with E-state index in [1.807, 2.05) is 0 Å². The summed E-state index contributed by atoms with van der Waals surface area (Å²) in [5, 5.41) is 2.55. The Morgan fingerprint density at radius 2 is 1.89 bits per heavy atom. The van der Waals surface area contributed by atoms with Crippen molar-refractivity contribution in [3.63, 3.8) is 0 Å². The fourth-order valence-corrected chi connectivity index (χ4v) is 2.41. The van der Waals surface area contributed by atoms with Gasteiger partial charge in [-0.25, -0.2) is 13.1 Å². The van der Waals surface area contributed by atoms with Gasteiger partial charge in [0.05, 0.1) is 5.75 Å². The predicted octanol–water partition coefficient (Wildman–Crippen LogP) is 0.644. The lowest BCUT2D eigenvalue weighted by atomic mass is 10.2. The molecule has 0 bridgehead atoms. The third-order valence-corrected chi connectivity index (χ3v) is 3.92. The van der Waals surface area contributed by atoms with E-state index in [0.29, 0.717) is 12.1 Å². The van der Waals surface area contributed by atoms with Gasteiger partial charge in [-0.1, -0.05) is 6.92 Å². The molecule has 0 unspecified atom stereocenters. The van der Waals surface area contributed by atoms with Crippen LogP contribution in [-0.2, 0) is 10.0 Å². The molecule has 0 aliphatic rings. The molecule has 1 aromatic rings.